The van der Waals surface area contributed by atoms with Crippen LogP contribution in [0, 0.1) is 0 Å². The quantitative estimate of drug-likeness (QED) is 0.427. The third-order valence-corrected chi connectivity index (χ3v) is 4.38. The first-order valence-electron chi connectivity index (χ1n) is 7.97. The van der Waals surface area contributed by atoms with Gasteiger partial charge in [0.25, 0.3) is 5.91 Å². The molecule has 0 saturated heterocycles. The average molecular weight is 401 g/mol. The van der Waals surface area contributed by atoms with Crippen LogP contribution in [0.25, 0.3) is 0 Å². The number of aromatic hydroxyl groups is 1. The van der Waals surface area contributed by atoms with Crippen molar-refractivity contribution in [2.45, 2.75) is 6.42 Å². The summed E-state index contributed by atoms with van der Waals surface area (Å²) in [6.07, 6.45) is 1.30. The Labute approximate surface area is 163 Å². The lowest BCUT2D eigenvalue weighted by Crippen LogP contribution is -2.16. The summed E-state index contributed by atoms with van der Waals surface area (Å²) in [5, 5.41) is 17.2. The lowest BCUT2D eigenvalue weighted by atomic mass is 10.1. The van der Waals surface area contributed by atoms with Crippen LogP contribution in [0.1, 0.15) is 26.6 Å². The first-order valence-corrected chi connectivity index (χ1v) is 8.85. The van der Waals surface area contributed by atoms with Crippen molar-refractivity contribution in [3.8, 4) is 5.75 Å². The number of hydrogen-bond donors (Lipinski definition) is 3. The fourth-order valence-corrected chi connectivity index (χ4v) is 3.00. The summed E-state index contributed by atoms with van der Waals surface area (Å²) < 4.78 is 9.57. The smallest absolute Gasteiger partial charge is 0.341 e. The van der Waals surface area contributed by atoms with Crippen molar-refractivity contribution in [2.24, 2.45) is 0 Å². The Morgan fingerprint density at radius 1 is 1.21 bits per heavy atom. The number of phenolic OH excluding ortho intramolecular Hbond substituents is 1. The molecule has 0 saturated carbocycles. The van der Waals surface area contributed by atoms with Crippen molar-refractivity contribution in [1.82, 2.24) is 4.98 Å². The number of furan rings is 1. The van der Waals surface area contributed by atoms with Crippen LogP contribution in [0.15, 0.2) is 46.4 Å². The molecule has 144 valence electrons. The molecular weight excluding hydrogens is 386 g/mol. The molecule has 0 radical (unpaired) electrons. The number of ether oxygens (including phenoxy) is 1. The molecule has 0 bridgehead atoms. The predicted molar refractivity (Wildman–Crippen MR) is 101 cm³/mol. The molecule has 0 unspecified atom stereocenters. The number of benzene rings is 1. The van der Waals surface area contributed by atoms with E-state index in [1.165, 1.54) is 37.6 Å². The molecule has 2 amide bonds. The first kappa shape index (κ1) is 19.1. The molecule has 3 rings (SSSR count). The number of anilines is 2. The molecule has 10 heteroatoms. The fraction of sp³-hybridized carbons (Fsp3) is 0.111. The minimum atomic E-state index is -0.718. The van der Waals surface area contributed by atoms with Gasteiger partial charge in [-0.1, -0.05) is 6.07 Å². The Hall–Kier alpha value is -3.66. The van der Waals surface area contributed by atoms with E-state index in [9.17, 15) is 19.5 Å². The highest BCUT2D eigenvalue weighted by atomic mass is 32.1. The van der Waals surface area contributed by atoms with E-state index in [0.29, 0.717) is 10.8 Å². The second-order valence-electron chi connectivity index (χ2n) is 5.49. The van der Waals surface area contributed by atoms with Crippen molar-refractivity contribution < 1.29 is 28.6 Å². The summed E-state index contributed by atoms with van der Waals surface area (Å²) in [5.41, 5.74) is 0.451. The van der Waals surface area contributed by atoms with Gasteiger partial charge in [-0.15, -0.1) is 11.3 Å². The lowest BCUT2D eigenvalue weighted by molar-refractivity contribution is -0.115. The van der Waals surface area contributed by atoms with Crippen LogP contribution in [0.4, 0.5) is 10.8 Å². The van der Waals surface area contributed by atoms with Crippen LogP contribution < -0.4 is 10.6 Å². The lowest BCUT2D eigenvalue weighted by Gasteiger charge is -2.09. The van der Waals surface area contributed by atoms with E-state index >= 15 is 0 Å². The van der Waals surface area contributed by atoms with Gasteiger partial charge in [-0.2, -0.15) is 0 Å². The number of para-hydroxylation sites is 1. The third kappa shape index (κ3) is 4.35. The summed E-state index contributed by atoms with van der Waals surface area (Å²) in [6.45, 7) is 0. The fourth-order valence-electron chi connectivity index (χ4n) is 2.29. The van der Waals surface area contributed by atoms with Gasteiger partial charge in [-0.3, -0.25) is 14.9 Å². The number of esters is 1. The summed E-state index contributed by atoms with van der Waals surface area (Å²) in [6, 6.07) is 7.46. The molecule has 9 nitrogen and oxygen atoms in total. The molecule has 0 spiro atoms. The molecular formula is C18H15N3O6S. The maximum absolute atomic E-state index is 12.2. The van der Waals surface area contributed by atoms with E-state index in [-0.39, 0.29) is 29.2 Å². The number of methoxy groups -OCH3 is 1. The van der Waals surface area contributed by atoms with E-state index in [4.69, 9.17) is 4.42 Å². The molecule has 3 N–H and O–H groups in total. The predicted octanol–water partition coefficient (Wildman–Crippen LogP) is 2.66. The Kier molecular flexibility index (Phi) is 5.70. The molecule has 3 aromatic rings. The number of carbonyl (C=O) groups excluding carboxylic acids is 3. The number of aromatic nitrogens is 1. The molecule has 0 aliphatic carbocycles. The van der Waals surface area contributed by atoms with Crippen LogP contribution in [0.2, 0.25) is 0 Å². The van der Waals surface area contributed by atoms with Crippen LogP contribution in [0.3, 0.4) is 0 Å². The first-order chi connectivity index (χ1) is 13.5. The Bertz CT molecular complexity index is 1010. The molecule has 0 fully saturated rings. The number of nitrogens with one attached hydrogen (secondary N) is 2. The van der Waals surface area contributed by atoms with Gasteiger partial charge in [-0.05, 0) is 24.3 Å². The van der Waals surface area contributed by atoms with Gasteiger partial charge >= 0.3 is 5.97 Å². The maximum Gasteiger partial charge on any atom is 0.341 e. The highest BCUT2D eigenvalue weighted by Crippen LogP contribution is 2.28. The van der Waals surface area contributed by atoms with Crippen molar-refractivity contribution in [3.63, 3.8) is 0 Å². The van der Waals surface area contributed by atoms with Crippen molar-refractivity contribution in [2.75, 3.05) is 17.7 Å². The molecule has 28 heavy (non-hydrogen) atoms. The van der Waals surface area contributed by atoms with E-state index in [0.717, 1.165) is 11.3 Å². The van der Waals surface area contributed by atoms with Crippen molar-refractivity contribution in [3.05, 3.63) is 59.0 Å². The van der Waals surface area contributed by atoms with Gasteiger partial charge in [0.2, 0.25) is 5.91 Å². The van der Waals surface area contributed by atoms with Crippen molar-refractivity contribution in [1.29, 1.82) is 0 Å². The molecule has 0 aliphatic rings. The van der Waals surface area contributed by atoms with Gasteiger partial charge in [-0.25, -0.2) is 9.78 Å². The minimum absolute atomic E-state index is 0.0584. The van der Waals surface area contributed by atoms with Crippen LogP contribution in [-0.4, -0.2) is 35.0 Å². The Morgan fingerprint density at radius 3 is 2.75 bits per heavy atom. The highest BCUT2D eigenvalue weighted by molar-refractivity contribution is 7.14. The number of hydrogen-bond acceptors (Lipinski definition) is 8. The molecule has 1 aromatic carbocycles. The zero-order chi connectivity index (χ0) is 20.1. The average Bonchev–Trinajstić information content (AvgIpc) is 3.35. The normalized spacial score (nSPS) is 10.3. The third-order valence-electron chi connectivity index (χ3n) is 3.57. The molecule has 2 aromatic heterocycles. The zero-order valence-electron chi connectivity index (χ0n) is 14.6. The second-order valence-corrected chi connectivity index (χ2v) is 6.35. The number of carbonyl (C=O) groups is 3. The SMILES string of the molecule is COC(=O)c1cccc(NC(=O)Cc2csc(NC(=O)c3ccco3)n2)c1O. The Morgan fingerprint density at radius 2 is 2.04 bits per heavy atom. The summed E-state index contributed by atoms with van der Waals surface area (Å²) in [5.74, 6) is -1.85. The monoisotopic (exact) mass is 401 g/mol. The number of nitrogens with zero attached hydrogens (tertiary/aromatic N) is 1. The second kappa shape index (κ2) is 8.35. The number of amides is 2. The van der Waals surface area contributed by atoms with Gasteiger partial charge in [0.1, 0.15) is 5.56 Å². The standard InChI is InChI=1S/C18H15N3O6S/c1-26-17(25)11-4-2-5-12(15(11)23)20-14(22)8-10-9-28-18(19-10)21-16(24)13-6-3-7-27-13/h2-7,9,23H,8H2,1H3,(H,20,22)(H,19,21,24). The topological polar surface area (TPSA) is 131 Å². The molecule has 0 aliphatic heterocycles. The molecule has 0 atom stereocenters. The maximum atomic E-state index is 12.2. The van der Waals surface area contributed by atoms with Gasteiger partial charge in [0.05, 0.1) is 31.2 Å². The number of rotatable bonds is 6. The summed E-state index contributed by atoms with van der Waals surface area (Å²) >= 11 is 1.16. The van der Waals surface area contributed by atoms with E-state index in [1.54, 1.807) is 11.4 Å². The van der Waals surface area contributed by atoms with Crippen LogP contribution >= 0.6 is 11.3 Å². The largest absolute Gasteiger partial charge is 0.505 e. The zero-order valence-corrected chi connectivity index (χ0v) is 15.4. The number of phenols is 1. The summed E-state index contributed by atoms with van der Waals surface area (Å²) in [4.78, 5) is 39.9. The van der Waals surface area contributed by atoms with E-state index in [2.05, 4.69) is 20.4 Å². The van der Waals surface area contributed by atoms with Crippen LogP contribution in [-0.2, 0) is 16.0 Å². The van der Waals surface area contributed by atoms with Crippen molar-refractivity contribution >= 4 is 39.9 Å². The Balaban J connectivity index is 1.62. The summed E-state index contributed by atoms with van der Waals surface area (Å²) in [7, 11) is 1.19. The van der Waals surface area contributed by atoms with E-state index < -0.39 is 17.8 Å². The minimum Gasteiger partial charge on any atom is -0.505 e. The van der Waals surface area contributed by atoms with E-state index in [1.807, 2.05) is 0 Å². The highest BCUT2D eigenvalue weighted by Gasteiger charge is 2.17. The molecule has 2 heterocycles. The van der Waals surface area contributed by atoms with Gasteiger partial charge in [0, 0.05) is 5.38 Å². The number of thiazole rings is 1. The van der Waals surface area contributed by atoms with Crippen LogP contribution in [0.5, 0.6) is 5.75 Å². The van der Waals surface area contributed by atoms with Gasteiger partial charge in [0.15, 0.2) is 16.6 Å². The van der Waals surface area contributed by atoms with Gasteiger partial charge < -0.3 is 19.6 Å².